The van der Waals surface area contributed by atoms with E-state index in [1.807, 2.05) is 12.1 Å². The zero-order chi connectivity index (χ0) is 21.7. The fourth-order valence-electron chi connectivity index (χ4n) is 2.94. The first-order valence-electron chi connectivity index (χ1n) is 9.60. The topological polar surface area (TPSA) is 76.0 Å². The van der Waals surface area contributed by atoms with E-state index >= 15 is 0 Å². The Hall–Kier alpha value is -3.02. The molecule has 30 heavy (non-hydrogen) atoms. The minimum atomic E-state index is -2.00. The molecule has 0 spiro atoms. The lowest BCUT2D eigenvalue weighted by Gasteiger charge is -2.19. The summed E-state index contributed by atoms with van der Waals surface area (Å²) in [6.45, 7) is 3.31. The van der Waals surface area contributed by atoms with Crippen LogP contribution in [0.3, 0.4) is 0 Å². The Morgan fingerprint density at radius 3 is 2.30 bits per heavy atom. The maximum absolute atomic E-state index is 11.3. The van der Waals surface area contributed by atoms with Gasteiger partial charge in [0.05, 0.1) is 0 Å². The molecule has 0 fully saturated rings. The van der Waals surface area contributed by atoms with Gasteiger partial charge in [0.25, 0.3) is 0 Å². The third kappa shape index (κ3) is 5.12. The summed E-state index contributed by atoms with van der Waals surface area (Å²) in [5, 5.41) is 20.1. The van der Waals surface area contributed by atoms with Crippen LogP contribution in [-0.4, -0.2) is 16.2 Å². The normalized spacial score (nSPS) is 12.8. The highest BCUT2D eigenvalue weighted by atomic mass is 35.5. The summed E-state index contributed by atoms with van der Waals surface area (Å²) in [5.41, 5.74) is -0.798. The Balaban J connectivity index is 1.85. The molecule has 0 radical (unpaired) electrons. The number of hydrogen-bond donors (Lipinski definition) is 2. The van der Waals surface area contributed by atoms with Gasteiger partial charge in [-0.3, -0.25) is 0 Å². The SMILES string of the molecule is CCCc1cc(Oc2ccc(Cl)cc2)ccc1Oc1cccc([C@@](C)(O)C(=O)O)c1. The van der Waals surface area contributed by atoms with E-state index in [-0.39, 0.29) is 5.56 Å². The van der Waals surface area contributed by atoms with Gasteiger partial charge >= 0.3 is 5.97 Å². The molecular formula is C24H23ClO5. The molecular weight excluding hydrogens is 404 g/mol. The highest BCUT2D eigenvalue weighted by molar-refractivity contribution is 6.30. The summed E-state index contributed by atoms with van der Waals surface area (Å²) in [4.78, 5) is 11.3. The Labute approximate surface area is 180 Å². The fourth-order valence-corrected chi connectivity index (χ4v) is 3.06. The molecule has 0 aliphatic heterocycles. The molecule has 0 bridgehead atoms. The number of aliphatic carboxylic acids is 1. The minimum Gasteiger partial charge on any atom is -0.479 e. The lowest BCUT2D eigenvalue weighted by atomic mass is 9.96. The number of rotatable bonds is 8. The van der Waals surface area contributed by atoms with Crippen LogP contribution in [0, 0.1) is 0 Å². The summed E-state index contributed by atoms with van der Waals surface area (Å²) >= 11 is 5.92. The van der Waals surface area contributed by atoms with Crippen molar-refractivity contribution in [3.05, 3.63) is 82.9 Å². The number of hydrogen-bond acceptors (Lipinski definition) is 4. The third-order valence-corrected chi connectivity index (χ3v) is 4.89. The summed E-state index contributed by atoms with van der Waals surface area (Å²) in [6.07, 6.45) is 1.69. The van der Waals surface area contributed by atoms with Crippen molar-refractivity contribution in [3.8, 4) is 23.0 Å². The molecule has 0 heterocycles. The van der Waals surface area contributed by atoms with Crippen LogP contribution in [0.1, 0.15) is 31.4 Å². The van der Waals surface area contributed by atoms with Gasteiger partial charge in [-0.05, 0) is 79.1 Å². The number of halogens is 1. The van der Waals surface area contributed by atoms with Gasteiger partial charge in [0, 0.05) is 5.02 Å². The predicted octanol–water partition coefficient (Wildman–Crippen LogP) is 6.17. The van der Waals surface area contributed by atoms with Gasteiger partial charge in [-0.25, -0.2) is 4.79 Å². The second-order valence-corrected chi connectivity index (χ2v) is 7.52. The number of carboxylic acid groups (broad SMARTS) is 1. The highest BCUT2D eigenvalue weighted by Crippen LogP contribution is 2.33. The van der Waals surface area contributed by atoms with Gasteiger partial charge < -0.3 is 19.7 Å². The smallest absolute Gasteiger partial charge is 0.340 e. The molecule has 0 aliphatic carbocycles. The van der Waals surface area contributed by atoms with Crippen molar-refractivity contribution >= 4 is 17.6 Å². The Morgan fingerprint density at radius 2 is 1.63 bits per heavy atom. The van der Waals surface area contributed by atoms with E-state index in [1.54, 1.807) is 48.5 Å². The van der Waals surface area contributed by atoms with Crippen LogP contribution in [0.25, 0.3) is 0 Å². The zero-order valence-electron chi connectivity index (χ0n) is 16.8. The number of carbonyl (C=O) groups is 1. The molecule has 0 amide bonds. The number of carboxylic acids is 1. The molecule has 0 unspecified atom stereocenters. The van der Waals surface area contributed by atoms with E-state index in [9.17, 15) is 15.0 Å². The standard InChI is InChI=1S/C24H23ClO5/c1-3-5-16-14-21(29-19-10-8-18(25)9-11-19)12-13-22(16)30-20-7-4-6-17(15-20)24(2,28)23(26)27/h4,6-15,28H,3,5H2,1-2H3,(H,26,27)/t24-/m1/s1. The maximum Gasteiger partial charge on any atom is 0.340 e. The first-order valence-corrected chi connectivity index (χ1v) is 9.98. The Morgan fingerprint density at radius 1 is 0.967 bits per heavy atom. The van der Waals surface area contributed by atoms with Crippen LogP contribution >= 0.6 is 11.6 Å². The quantitative estimate of drug-likeness (QED) is 0.450. The molecule has 1 atom stereocenters. The average molecular weight is 427 g/mol. The number of aryl methyl sites for hydroxylation is 1. The molecule has 156 valence electrons. The van der Waals surface area contributed by atoms with Gasteiger partial charge in [0.1, 0.15) is 23.0 Å². The first-order chi connectivity index (χ1) is 14.3. The van der Waals surface area contributed by atoms with Crippen LogP contribution in [0.4, 0.5) is 0 Å². The van der Waals surface area contributed by atoms with E-state index in [4.69, 9.17) is 21.1 Å². The molecule has 0 saturated carbocycles. The van der Waals surface area contributed by atoms with Crippen molar-refractivity contribution in [2.75, 3.05) is 0 Å². The van der Waals surface area contributed by atoms with Crippen LogP contribution in [0.2, 0.25) is 5.02 Å². The number of ether oxygens (including phenoxy) is 2. The summed E-state index contributed by atoms with van der Waals surface area (Å²) < 4.78 is 11.9. The molecule has 3 aromatic rings. The van der Waals surface area contributed by atoms with Crippen molar-refractivity contribution in [3.63, 3.8) is 0 Å². The maximum atomic E-state index is 11.3. The van der Waals surface area contributed by atoms with Crippen molar-refractivity contribution in [2.24, 2.45) is 0 Å². The van der Waals surface area contributed by atoms with Gasteiger partial charge in [0.15, 0.2) is 5.60 Å². The highest BCUT2D eigenvalue weighted by Gasteiger charge is 2.32. The van der Waals surface area contributed by atoms with Crippen LogP contribution in [0.5, 0.6) is 23.0 Å². The molecule has 0 saturated heterocycles. The fraction of sp³-hybridized carbons (Fsp3) is 0.208. The molecule has 3 aromatic carbocycles. The van der Waals surface area contributed by atoms with E-state index in [2.05, 4.69) is 6.92 Å². The molecule has 5 nitrogen and oxygen atoms in total. The van der Waals surface area contributed by atoms with E-state index in [0.29, 0.717) is 28.0 Å². The van der Waals surface area contributed by atoms with Crippen molar-refractivity contribution in [2.45, 2.75) is 32.3 Å². The van der Waals surface area contributed by atoms with Gasteiger partial charge in [-0.1, -0.05) is 37.1 Å². The summed E-state index contributed by atoms with van der Waals surface area (Å²) in [7, 11) is 0. The second-order valence-electron chi connectivity index (χ2n) is 7.08. The predicted molar refractivity (Wildman–Crippen MR) is 116 cm³/mol. The van der Waals surface area contributed by atoms with Gasteiger partial charge in [0.2, 0.25) is 0 Å². The average Bonchev–Trinajstić information content (AvgIpc) is 2.72. The van der Waals surface area contributed by atoms with Gasteiger partial charge in [-0.2, -0.15) is 0 Å². The van der Waals surface area contributed by atoms with Crippen molar-refractivity contribution in [1.29, 1.82) is 0 Å². The van der Waals surface area contributed by atoms with E-state index in [1.165, 1.54) is 13.0 Å². The second kappa shape index (κ2) is 9.20. The largest absolute Gasteiger partial charge is 0.479 e. The Kier molecular flexibility index (Phi) is 6.65. The van der Waals surface area contributed by atoms with Crippen LogP contribution < -0.4 is 9.47 Å². The molecule has 3 rings (SSSR count). The van der Waals surface area contributed by atoms with Crippen LogP contribution in [-0.2, 0) is 16.8 Å². The monoisotopic (exact) mass is 426 g/mol. The van der Waals surface area contributed by atoms with Crippen molar-refractivity contribution in [1.82, 2.24) is 0 Å². The first kappa shape index (κ1) is 21.7. The zero-order valence-corrected chi connectivity index (χ0v) is 17.5. The molecule has 2 N–H and O–H groups in total. The minimum absolute atomic E-state index is 0.243. The molecule has 0 aromatic heterocycles. The van der Waals surface area contributed by atoms with E-state index < -0.39 is 11.6 Å². The molecule has 6 heteroatoms. The summed E-state index contributed by atoms with van der Waals surface area (Å²) in [6, 6.07) is 19.1. The van der Waals surface area contributed by atoms with Gasteiger partial charge in [-0.15, -0.1) is 0 Å². The van der Waals surface area contributed by atoms with Crippen LogP contribution in [0.15, 0.2) is 66.7 Å². The Bertz CT molecular complexity index is 1030. The lowest BCUT2D eigenvalue weighted by Crippen LogP contribution is -2.31. The molecule has 0 aliphatic rings. The van der Waals surface area contributed by atoms with E-state index in [0.717, 1.165) is 18.4 Å². The van der Waals surface area contributed by atoms with Crippen molar-refractivity contribution < 1.29 is 24.5 Å². The number of aliphatic hydroxyl groups is 1. The number of benzene rings is 3. The summed E-state index contributed by atoms with van der Waals surface area (Å²) in [5.74, 6) is 1.12. The lowest BCUT2D eigenvalue weighted by molar-refractivity contribution is -0.157. The third-order valence-electron chi connectivity index (χ3n) is 4.64.